The molecule has 0 saturated heterocycles. The smallest absolute Gasteiger partial charge is 0.404 e. The summed E-state index contributed by atoms with van der Waals surface area (Å²) in [6, 6.07) is 0.145. The van der Waals surface area contributed by atoms with Gasteiger partial charge >= 0.3 is 7.82 Å². The average Bonchev–Trinajstić information content (AvgIpc) is 3.07. The number of nitrogens with one attached hydrogen (secondary N) is 5. The van der Waals surface area contributed by atoms with E-state index < -0.39 is 86.5 Å². The van der Waals surface area contributed by atoms with E-state index in [1.54, 1.807) is 19.9 Å². The minimum absolute atomic E-state index is 0.114. The van der Waals surface area contributed by atoms with Crippen molar-refractivity contribution in [1.29, 1.82) is 0 Å². The molecular formula is C34H52N7O12P. The summed E-state index contributed by atoms with van der Waals surface area (Å²) in [6.45, 7) is 10.6. The number of hydrogen-bond acceptors (Lipinski definition) is 10. The van der Waals surface area contributed by atoms with Gasteiger partial charge in [-0.15, -0.1) is 13.2 Å². The third-order valence-corrected chi connectivity index (χ3v) is 7.84. The summed E-state index contributed by atoms with van der Waals surface area (Å²) in [7, 11) is -4.82. The summed E-state index contributed by atoms with van der Waals surface area (Å²) < 4.78 is 15.7. The van der Waals surface area contributed by atoms with Crippen molar-refractivity contribution in [3.63, 3.8) is 0 Å². The number of nitrogens with zero attached hydrogens (tertiary/aromatic N) is 1. The Morgan fingerprint density at radius 2 is 1.50 bits per heavy atom. The zero-order valence-corrected chi connectivity index (χ0v) is 31.5. The zero-order valence-electron chi connectivity index (χ0n) is 30.6. The molecule has 7 amide bonds. The largest absolute Gasteiger partial charge is 0.524 e. The van der Waals surface area contributed by atoms with Crippen LogP contribution in [-0.2, 0) is 44.5 Å². The van der Waals surface area contributed by atoms with Gasteiger partial charge in [-0.3, -0.25) is 43.3 Å². The van der Waals surface area contributed by atoms with Gasteiger partial charge in [0.1, 0.15) is 29.9 Å². The van der Waals surface area contributed by atoms with Gasteiger partial charge in [0.25, 0.3) is 0 Å². The lowest BCUT2D eigenvalue weighted by atomic mass is 10.0. The second kappa shape index (κ2) is 23.5. The summed E-state index contributed by atoms with van der Waals surface area (Å²) in [5.41, 5.74) is 5.76. The average molecular weight is 782 g/mol. The topological polar surface area (TPSA) is 296 Å². The van der Waals surface area contributed by atoms with Crippen LogP contribution in [0.4, 0.5) is 0 Å². The molecule has 0 saturated carbocycles. The lowest BCUT2D eigenvalue weighted by Crippen LogP contribution is -2.58. The van der Waals surface area contributed by atoms with E-state index in [9.17, 15) is 43.2 Å². The molecule has 0 aromatic heterocycles. The number of aliphatic hydroxyl groups excluding tert-OH is 1. The number of carbonyl (C=O) groups is 7. The van der Waals surface area contributed by atoms with E-state index in [-0.39, 0.29) is 50.4 Å². The highest BCUT2D eigenvalue weighted by Gasteiger charge is 2.32. The Hall–Kier alpha value is -5.10. The third kappa shape index (κ3) is 18.6. The minimum Gasteiger partial charge on any atom is -0.404 e. The number of benzene rings is 1. The van der Waals surface area contributed by atoms with E-state index >= 15 is 0 Å². The molecule has 0 radical (unpaired) electrons. The summed E-state index contributed by atoms with van der Waals surface area (Å²) in [5.74, 6) is -5.49. The number of amides is 7. The molecule has 1 rings (SSSR count). The molecule has 0 bridgehead atoms. The van der Waals surface area contributed by atoms with Gasteiger partial charge in [-0.05, 0) is 42.9 Å². The molecule has 1 aromatic carbocycles. The van der Waals surface area contributed by atoms with E-state index in [0.717, 1.165) is 11.8 Å². The molecule has 54 heavy (non-hydrogen) atoms. The van der Waals surface area contributed by atoms with E-state index in [1.165, 1.54) is 30.3 Å². The Labute approximate surface area is 313 Å². The van der Waals surface area contributed by atoms with Gasteiger partial charge in [0.05, 0.1) is 13.2 Å². The first-order chi connectivity index (χ1) is 25.3. The highest BCUT2D eigenvalue weighted by molar-refractivity contribution is 7.46. The van der Waals surface area contributed by atoms with Gasteiger partial charge in [-0.1, -0.05) is 38.1 Å². The second-order valence-corrected chi connectivity index (χ2v) is 13.8. The van der Waals surface area contributed by atoms with Crippen molar-refractivity contribution in [2.75, 3.05) is 26.2 Å². The number of rotatable bonds is 25. The Bertz CT molecular complexity index is 1530. The van der Waals surface area contributed by atoms with Gasteiger partial charge in [-0.2, -0.15) is 0 Å². The number of phosphoric acid groups is 1. The van der Waals surface area contributed by atoms with Crippen molar-refractivity contribution in [2.45, 2.75) is 77.0 Å². The zero-order chi connectivity index (χ0) is 41.0. The van der Waals surface area contributed by atoms with E-state index in [1.807, 2.05) is 0 Å². The number of carbonyl (C=O) groups excluding carboxylic acids is 7. The molecule has 0 unspecified atom stereocenters. The van der Waals surface area contributed by atoms with Crippen molar-refractivity contribution in [2.24, 2.45) is 11.7 Å². The fraction of sp³-hybridized carbons (Fsp3) is 0.500. The Morgan fingerprint density at radius 3 is 2.02 bits per heavy atom. The molecule has 1 aromatic rings. The molecule has 4 atom stereocenters. The number of aliphatic hydroxyl groups is 1. The Balaban J connectivity index is 3.22. The van der Waals surface area contributed by atoms with Crippen LogP contribution in [0, 0.1) is 5.92 Å². The predicted molar refractivity (Wildman–Crippen MR) is 196 cm³/mol. The number of primary amides is 1. The molecule has 19 nitrogen and oxygen atoms in total. The number of nitrogens with two attached hydrogens (primary N) is 1. The fourth-order valence-corrected chi connectivity index (χ4v) is 5.34. The maximum atomic E-state index is 13.8. The first-order valence-corrected chi connectivity index (χ1v) is 18.5. The predicted octanol–water partition coefficient (Wildman–Crippen LogP) is -1.33. The van der Waals surface area contributed by atoms with Gasteiger partial charge in [0.15, 0.2) is 0 Å². The van der Waals surface area contributed by atoms with Crippen molar-refractivity contribution in [1.82, 2.24) is 31.5 Å². The standard InChI is InChI=1S/C34H52N7O12P/c1-6-8-15-36-31(46)28(20-42)40-32(47)26(17-21(3)4)38-30(45)19-41(16-7-2)34(49)25(13-14-29(35)44)39-33(48)27(37-22(5)43)18-23-9-11-24(12-10-23)53-54(50,51)52/h6-7,9-12,21,25-28,42H,1-2,8,13-20H2,3-5H3,(H2,35,44)(H,36,46)(H,37,43)(H,38,45)(H,39,48)(H,40,47)(H2,50,51,52)/t25-,26-,27-,28-/m0/s1. The lowest BCUT2D eigenvalue weighted by molar-refractivity contribution is -0.140. The quantitative estimate of drug-likeness (QED) is 0.0317. The molecule has 20 heteroatoms. The van der Waals surface area contributed by atoms with Crippen LogP contribution in [0.5, 0.6) is 5.75 Å². The molecule has 0 aliphatic carbocycles. The van der Waals surface area contributed by atoms with Crippen molar-refractivity contribution >= 4 is 49.2 Å². The van der Waals surface area contributed by atoms with Gasteiger partial charge in [-0.25, -0.2) is 4.57 Å². The van der Waals surface area contributed by atoms with Crippen LogP contribution in [0.25, 0.3) is 0 Å². The second-order valence-electron chi connectivity index (χ2n) is 12.6. The minimum atomic E-state index is -4.82. The van der Waals surface area contributed by atoms with Crippen LogP contribution in [0.1, 0.15) is 52.0 Å². The summed E-state index contributed by atoms with van der Waals surface area (Å²) >= 11 is 0. The maximum absolute atomic E-state index is 13.8. The van der Waals surface area contributed by atoms with Crippen LogP contribution in [0.15, 0.2) is 49.6 Å². The van der Waals surface area contributed by atoms with E-state index in [2.05, 4.69) is 44.3 Å². The van der Waals surface area contributed by atoms with E-state index in [0.29, 0.717) is 12.0 Å². The normalized spacial score (nSPS) is 13.2. The van der Waals surface area contributed by atoms with Crippen molar-refractivity contribution in [3.05, 3.63) is 55.1 Å². The summed E-state index contributed by atoms with van der Waals surface area (Å²) in [4.78, 5) is 109. The molecule has 10 N–H and O–H groups in total. The molecule has 0 fully saturated rings. The van der Waals surface area contributed by atoms with Crippen LogP contribution in [0.3, 0.4) is 0 Å². The molecule has 300 valence electrons. The van der Waals surface area contributed by atoms with Crippen LogP contribution in [0.2, 0.25) is 0 Å². The lowest BCUT2D eigenvalue weighted by Gasteiger charge is -2.29. The number of hydrogen-bond donors (Lipinski definition) is 9. The molecule has 0 spiro atoms. The van der Waals surface area contributed by atoms with Gasteiger partial charge < -0.3 is 46.8 Å². The van der Waals surface area contributed by atoms with Crippen LogP contribution in [-0.4, -0.2) is 112 Å². The molecule has 0 heterocycles. The van der Waals surface area contributed by atoms with Crippen LogP contribution < -0.4 is 36.8 Å². The molecular weight excluding hydrogens is 729 g/mol. The first kappa shape index (κ1) is 46.9. The van der Waals surface area contributed by atoms with Crippen LogP contribution >= 0.6 is 7.82 Å². The van der Waals surface area contributed by atoms with Crippen molar-refractivity contribution in [3.8, 4) is 5.75 Å². The molecule has 0 aliphatic rings. The molecule has 0 aliphatic heterocycles. The Kier molecular flexibility index (Phi) is 20.5. The first-order valence-electron chi connectivity index (χ1n) is 17.0. The third-order valence-electron chi connectivity index (χ3n) is 7.39. The summed E-state index contributed by atoms with van der Waals surface area (Å²) in [5, 5.41) is 22.3. The SMILES string of the molecule is C=CCCNC(=O)[C@H](CO)NC(=O)[C@H](CC(C)C)NC(=O)CN(CC=C)C(=O)[C@H](CCC(N)=O)NC(=O)[C@H](Cc1ccc(OP(=O)(O)O)cc1)NC(C)=O. The Morgan fingerprint density at radius 1 is 0.889 bits per heavy atom. The highest BCUT2D eigenvalue weighted by atomic mass is 31.2. The monoisotopic (exact) mass is 781 g/mol. The number of phosphoric ester groups is 1. The van der Waals surface area contributed by atoms with Gasteiger partial charge in [0, 0.05) is 32.9 Å². The summed E-state index contributed by atoms with van der Waals surface area (Å²) in [6.07, 6.45) is 2.72. The fourth-order valence-electron chi connectivity index (χ4n) is 4.94. The van der Waals surface area contributed by atoms with Gasteiger partial charge in [0.2, 0.25) is 41.4 Å². The van der Waals surface area contributed by atoms with Crippen molar-refractivity contribution < 1.29 is 57.5 Å². The maximum Gasteiger partial charge on any atom is 0.524 e. The van der Waals surface area contributed by atoms with E-state index in [4.69, 9.17) is 15.5 Å². The highest BCUT2D eigenvalue weighted by Crippen LogP contribution is 2.37.